The molecule has 0 saturated carbocycles. The van der Waals surface area contributed by atoms with Crippen LogP contribution < -0.4 is 4.80 Å². The Morgan fingerprint density at radius 1 is 1.15 bits per heavy atom. The van der Waals surface area contributed by atoms with E-state index in [2.05, 4.69) is 10.9 Å². The van der Waals surface area contributed by atoms with Crippen LogP contribution in [0.25, 0.3) is 21.0 Å². The Labute approximate surface area is 158 Å². The maximum Gasteiger partial charge on any atom is 0.268 e. The topological polar surface area (TPSA) is 71.7 Å². The van der Waals surface area contributed by atoms with Gasteiger partial charge in [0.25, 0.3) is 5.91 Å². The molecule has 7 heteroatoms. The van der Waals surface area contributed by atoms with Crippen LogP contribution in [0.1, 0.15) is 12.8 Å². The molecule has 0 radical (unpaired) electrons. The number of rotatable bonds is 3. The summed E-state index contributed by atoms with van der Waals surface area (Å²) < 4.78 is 2.79. The van der Waals surface area contributed by atoms with Crippen LogP contribution in [0.2, 0.25) is 0 Å². The lowest BCUT2D eigenvalue weighted by molar-refractivity contribution is -0.141. The molecule has 27 heavy (non-hydrogen) atoms. The molecule has 3 aromatic rings. The van der Waals surface area contributed by atoms with Gasteiger partial charge in [-0.25, -0.2) is 0 Å². The fourth-order valence-corrected chi connectivity index (χ4v) is 4.39. The van der Waals surface area contributed by atoms with Gasteiger partial charge < -0.3 is 4.57 Å². The summed E-state index contributed by atoms with van der Waals surface area (Å²) in [5, 5.41) is 2.15. The number of aromatic nitrogens is 1. The Morgan fingerprint density at radius 2 is 1.89 bits per heavy atom. The summed E-state index contributed by atoms with van der Waals surface area (Å²) in [5.74, 6) is 1.39. The monoisotopic (exact) mass is 377 g/mol. The van der Waals surface area contributed by atoms with Gasteiger partial charge in [0, 0.05) is 18.2 Å². The number of fused-ring (bicyclic) bond motifs is 3. The smallest absolute Gasteiger partial charge is 0.268 e. The van der Waals surface area contributed by atoms with Crippen molar-refractivity contribution in [2.24, 2.45) is 4.99 Å². The lowest BCUT2D eigenvalue weighted by atomic mass is 10.1. The average Bonchev–Trinajstić information content (AvgIpc) is 3.17. The molecule has 1 aromatic heterocycles. The fraction of sp³-hybridized carbons (Fsp3) is 0.200. The quantitative estimate of drug-likeness (QED) is 0.518. The van der Waals surface area contributed by atoms with Crippen LogP contribution in [0.5, 0.6) is 0 Å². The van der Waals surface area contributed by atoms with Gasteiger partial charge in [-0.05, 0) is 11.5 Å². The normalized spacial score (nSPS) is 15.1. The van der Waals surface area contributed by atoms with Crippen LogP contribution >= 0.6 is 11.3 Å². The first-order valence-electron chi connectivity index (χ1n) is 8.44. The third-order valence-corrected chi connectivity index (χ3v) is 5.62. The van der Waals surface area contributed by atoms with Crippen LogP contribution in [0.3, 0.4) is 0 Å². The maximum absolute atomic E-state index is 12.4. The van der Waals surface area contributed by atoms with Crippen molar-refractivity contribution in [3.05, 3.63) is 41.2 Å². The molecule has 6 nitrogen and oxygen atoms in total. The predicted octanol–water partition coefficient (Wildman–Crippen LogP) is 2.07. The minimum absolute atomic E-state index is 0.151. The number of hydrogen-bond donors (Lipinski definition) is 0. The molecular formula is C20H15N3O3S. The van der Waals surface area contributed by atoms with Gasteiger partial charge in [-0.2, -0.15) is 4.99 Å². The zero-order chi connectivity index (χ0) is 19.0. The number of carbonyl (C=O) groups excluding carboxylic acids is 3. The van der Waals surface area contributed by atoms with Gasteiger partial charge in [0.2, 0.25) is 11.8 Å². The molecule has 0 bridgehead atoms. The van der Waals surface area contributed by atoms with E-state index in [1.54, 1.807) is 4.57 Å². The summed E-state index contributed by atoms with van der Waals surface area (Å²) in [6.07, 6.45) is 5.80. The van der Waals surface area contributed by atoms with E-state index in [9.17, 15) is 14.4 Å². The number of imide groups is 1. The molecule has 1 aliphatic rings. The van der Waals surface area contributed by atoms with E-state index in [0.717, 1.165) is 25.9 Å². The standard InChI is InChI=1S/C20H15N3O3S/c1-2-11-22-15-8-7-13-5-3-4-6-14(13)19(15)27-20(22)21-16(24)12-23-17(25)9-10-18(23)26/h1,3-8H,9-12H2. The number of nitrogens with zero attached hydrogens (tertiary/aromatic N) is 3. The third kappa shape index (κ3) is 3.04. The number of carbonyl (C=O) groups is 3. The first-order valence-corrected chi connectivity index (χ1v) is 9.25. The first kappa shape index (κ1) is 17.2. The van der Waals surface area contributed by atoms with Crippen molar-refractivity contribution in [1.82, 2.24) is 9.47 Å². The Hall–Kier alpha value is -3.24. The highest BCUT2D eigenvalue weighted by atomic mass is 32.1. The number of thiazole rings is 1. The van der Waals surface area contributed by atoms with Crippen LogP contribution in [-0.2, 0) is 20.9 Å². The Bertz CT molecular complexity index is 1200. The molecule has 0 atom stereocenters. The summed E-state index contributed by atoms with van der Waals surface area (Å²) in [6.45, 7) is -0.0608. The molecule has 0 aliphatic carbocycles. The van der Waals surface area contributed by atoms with Gasteiger partial charge >= 0.3 is 0 Å². The highest BCUT2D eigenvalue weighted by Crippen LogP contribution is 2.27. The molecule has 1 fully saturated rings. The summed E-state index contributed by atoms with van der Waals surface area (Å²) in [6, 6.07) is 11.9. The number of amides is 3. The maximum atomic E-state index is 12.4. The van der Waals surface area contributed by atoms with Crippen LogP contribution in [0.15, 0.2) is 41.4 Å². The lowest BCUT2D eigenvalue weighted by Gasteiger charge is -2.10. The Morgan fingerprint density at radius 3 is 2.63 bits per heavy atom. The van der Waals surface area contributed by atoms with Crippen molar-refractivity contribution in [3.8, 4) is 12.3 Å². The molecule has 3 amide bonds. The first-order chi connectivity index (χ1) is 13.1. The minimum Gasteiger partial charge on any atom is -0.305 e. The van der Waals surface area contributed by atoms with E-state index in [0.29, 0.717) is 4.80 Å². The largest absolute Gasteiger partial charge is 0.305 e. The second kappa shape index (κ2) is 6.82. The number of hydrogen-bond acceptors (Lipinski definition) is 4. The van der Waals surface area contributed by atoms with Crippen LogP contribution in [0, 0.1) is 12.3 Å². The van der Waals surface area contributed by atoms with E-state index in [1.165, 1.54) is 11.3 Å². The molecule has 2 aromatic carbocycles. The minimum atomic E-state index is -0.541. The number of benzene rings is 2. The van der Waals surface area contributed by atoms with E-state index >= 15 is 0 Å². The molecule has 1 saturated heterocycles. The molecule has 0 unspecified atom stereocenters. The SMILES string of the molecule is C#CCn1c(=NC(=O)CN2C(=O)CCC2=O)sc2c3ccccc3ccc21. The molecular weight excluding hydrogens is 362 g/mol. The molecule has 2 heterocycles. The fourth-order valence-electron chi connectivity index (χ4n) is 3.20. The van der Waals surface area contributed by atoms with Crippen molar-refractivity contribution in [3.63, 3.8) is 0 Å². The van der Waals surface area contributed by atoms with E-state index in [-0.39, 0.29) is 37.7 Å². The summed E-state index contributed by atoms with van der Waals surface area (Å²) in [4.78, 5) is 41.4. The summed E-state index contributed by atoms with van der Waals surface area (Å²) in [5.41, 5.74) is 0.900. The Balaban J connectivity index is 1.81. The van der Waals surface area contributed by atoms with Gasteiger partial charge in [0.15, 0.2) is 4.80 Å². The second-order valence-electron chi connectivity index (χ2n) is 6.19. The van der Waals surface area contributed by atoms with Gasteiger partial charge in [-0.1, -0.05) is 47.6 Å². The molecule has 1 aliphatic heterocycles. The van der Waals surface area contributed by atoms with Crippen LogP contribution in [-0.4, -0.2) is 33.7 Å². The highest BCUT2D eigenvalue weighted by Gasteiger charge is 2.30. The Kier molecular flexibility index (Phi) is 4.34. The molecule has 0 N–H and O–H groups in total. The molecule has 0 spiro atoms. The van der Waals surface area contributed by atoms with Crippen molar-refractivity contribution < 1.29 is 14.4 Å². The summed E-state index contributed by atoms with van der Waals surface area (Å²) >= 11 is 1.37. The number of terminal acetylenes is 1. The molecule has 134 valence electrons. The molecule has 4 rings (SSSR count). The average molecular weight is 377 g/mol. The van der Waals surface area contributed by atoms with Crippen molar-refractivity contribution in [2.75, 3.05) is 6.54 Å². The lowest BCUT2D eigenvalue weighted by Crippen LogP contribution is -2.34. The number of likely N-dealkylation sites (tertiary alicyclic amines) is 1. The predicted molar refractivity (Wildman–Crippen MR) is 103 cm³/mol. The van der Waals surface area contributed by atoms with Crippen molar-refractivity contribution in [1.29, 1.82) is 0 Å². The van der Waals surface area contributed by atoms with Crippen molar-refractivity contribution >= 4 is 50.0 Å². The highest BCUT2D eigenvalue weighted by molar-refractivity contribution is 7.17. The van der Waals surface area contributed by atoms with Crippen molar-refractivity contribution in [2.45, 2.75) is 19.4 Å². The van der Waals surface area contributed by atoms with Gasteiger partial charge in [0.05, 0.1) is 16.8 Å². The summed E-state index contributed by atoms with van der Waals surface area (Å²) in [7, 11) is 0. The van der Waals surface area contributed by atoms with E-state index in [4.69, 9.17) is 6.42 Å². The van der Waals surface area contributed by atoms with Gasteiger partial charge in [0.1, 0.15) is 6.54 Å². The third-order valence-electron chi connectivity index (χ3n) is 4.49. The second-order valence-corrected chi connectivity index (χ2v) is 7.17. The van der Waals surface area contributed by atoms with Crippen LogP contribution in [0.4, 0.5) is 0 Å². The zero-order valence-corrected chi connectivity index (χ0v) is 15.2. The van der Waals surface area contributed by atoms with E-state index in [1.807, 2.05) is 36.4 Å². The van der Waals surface area contributed by atoms with E-state index < -0.39 is 5.91 Å². The van der Waals surface area contributed by atoms with Gasteiger partial charge in [-0.15, -0.1) is 6.42 Å². The zero-order valence-electron chi connectivity index (χ0n) is 14.3. The van der Waals surface area contributed by atoms with Gasteiger partial charge in [-0.3, -0.25) is 19.3 Å².